The molecule has 6 aromatic rings. The first-order chi connectivity index (χ1) is 22.5. The van der Waals surface area contributed by atoms with Gasteiger partial charge in [-0.3, -0.25) is 19.1 Å². The van der Waals surface area contributed by atoms with Gasteiger partial charge in [0.25, 0.3) is 5.91 Å². The molecule has 0 unspecified atom stereocenters. The highest BCUT2D eigenvalue weighted by Crippen LogP contribution is 2.39. The molecule has 14 nitrogen and oxygen atoms in total. The predicted octanol–water partition coefficient (Wildman–Crippen LogP) is 2.33. The van der Waals surface area contributed by atoms with E-state index in [2.05, 4.69) is 31.4 Å². The minimum Gasteiger partial charge on any atom is -0.439 e. The highest BCUT2D eigenvalue weighted by atomic mass is 32.1. The SMILES string of the molecule is NC(=O)c1c(Cc2ccc(-c3csc4c(=O)cc(N5CCOCC5)oc34)c3cn[nH]c23)nc(N[C@H]2CCCC[C@H]2[NH3+])n2cnnc12. The van der Waals surface area contributed by atoms with Gasteiger partial charge in [-0.1, -0.05) is 18.6 Å². The summed E-state index contributed by atoms with van der Waals surface area (Å²) in [6.07, 6.45) is 7.88. The molecule has 0 bridgehead atoms. The molecule has 15 heteroatoms. The molecule has 236 valence electrons. The van der Waals surface area contributed by atoms with Crippen molar-refractivity contribution in [3.8, 4) is 11.1 Å². The first-order valence-corrected chi connectivity index (χ1v) is 16.3. The molecule has 0 spiro atoms. The van der Waals surface area contributed by atoms with Gasteiger partial charge in [0.15, 0.2) is 17.1 Å². The first kappa shape index (κ1) is 28.6. The molecule has 1 saturated heterocycles. The molecular formula is C31H33N10O4S+. The Morgan fingerprint density at radius 1 is 1.20 bits per heavy atom. The van der Waals surface area contributed by atoms with Crippen molar-refractivity contribution in [1.82, 2.24) is 29.8 Å². The number of nitrogens with two attached hydrogens (primary N) is 1. The van der Waals surface area contributed by atoms with Crippen LogP contribution in [0.15, 0.2) is 45.3 Å². The van der Waals surface area contributed by atoms with Crippen molar-refractivity contribution in [3.05, 3.63) is 63.1 Å². The second kappa shape index (κ2) is 11.5. The molecule has 1 aliphatic carbocycles. The second-order valence-corrected chi connectivity index (χ2v) is 12.8. The monoisotopic (exact) mass is 641 g/mol. The molecule has 1 aromatic carbocycles. The van der Waals surface area contributed by atoms with Crippen LogP contribution < -0.4 is 27.1 Å². The summed E-state index contributed by atoms with van der Waals surface area (Å²) in [5.41, 5.74) is 15.1. The van der Waals surface area contributed by atoms with Crippen molar-refractivity contribution in [2.45, 2.75) is 44.2 Å². The third kappa shape index (κ3) is 4.87. The zero-order valence-electron chi connectivity index (χ0n) is 25.0. The number of anilines is 2. The number of quaternary nitrogens is 1. The number of nitrogens with one attached hydrogen (secondary N) is 2. The Balaban J connectivity index is 1.20. The number of amides is 1. The first-order valence-electron chi connectivity index (χ1n) is 15.4. The van der Waals surface area contributed by atoms with Gasteiger partial charge in [0.05, 0.1) is 36.7 Å². The molecule has 2 aliphatic rings. The number of hydrogen-bond donors (Lipinski definition) is 4. The lowest BCUT2D eigenvalue weighted by Gasteiger charge is -2.27. The summed E-state index contributed by atoms with van der Waals surface area (Å²) < 4.78 is 14.1. The highest BCUT2D eigenvalue weighted by molar-refractivity contribution is 7.17. The van der Waals surface area contributed by atoms with Crippen LogP contribution in [0, 0.1) is 0 Å². The van der Waals surface area contributed by atoms with E-state index in [1.54, 1.807) is 16.7 Å². The highest BCUT2D eigenvalue weighted by Gasteiger charge is 2.28. The summed E-state index contributed by atoms with van der Waals surface area (Å²) in [7, 11) is 0. The van der Waals surface area contributed by atoms with Gasteiger partial charge in [0.2, 0.25) is 11.4 Å². The Morgan fingerprint density at radius 2 is 2.04 bits per heavy atom. The van der Waals surface area contributed by atoms with Gasteiger partial charge in [0.1, 0.15) is 22.6 Å². The quantitative estimate of drug-likeness (QED) is 0.201. The number of fused-ring (bicyclic) bond motifs is 3. The number of H-pyrrole nitrogens is 1. The molecule has 46 heavy (non-hydrogen) atoms. The van der Waals surface area contributed by atoms with Crippen LogP contribution in [0.5, 0.6) is 0 Å². The smallest absolute Gasteiger partial charge is 0.254 e. The zero-order valence-corrected chi connectivity index (χ0v) is 25.8. The van der Waals surface area contributed by atoms with E-state index in [1.807, 2.05) is 22.4 Å². The topological polar surface area (TPSA) is 197 Å². The van der Waals surface area contributed by atoms with E-state index in [0.29, 0.717) is 59.8 Å². The number of thiophene rings is 1. The van der Waals surface area contributed by atoms with E-state index >= 15 is 0 Å². The van der Waals surface area contributed by atoms with E-state index in [4.69, 9.17) is 19.9 Å². The lowest BCUT2D eigenvalue weighted by Crippen LogP contribution is -2.68. The fraction of sp³-hybridized carbons (Fsp3) is 0.355. The molecule has 2 fully saturated rings. The van der Waals surface area contributed by atoms with Gasteiger partial charge in [-0.25, -0.2) is 4.98 Å². The fourth-order valence-corrected chi connectivity index (χ4v) is 7.59. The van der Waals surface area contributed by atoms with Gasteiger partial charge in [0, 0.05) is 48.3 Å². The molecule has 7 N–H and O–H groups in total. The van der Waals surface area contributed by atoms with Crippen LogP contribution >= 0.6 is 11.3 Å². The molecule has 6 heterocycles. The van der Waals surface area contributed by atoms with E-state index < -0.39 is 5.91 Å². The minimum absolute atomic E-state index is 0.0733. The number of carbonyl (C=O) groups excluding carboxylic acids is 1. The standard InChI is InChI=1S/C31H32N10O4S/c32-20-3-1-2-4-21(20)36-31-37-22(25(29(33)43)30-39-35-15-41(30)31)11-16-5-6-17(18-13-34-38-26(16)18)19-14-46-28-23(42)12-24(45-27(19)28)40-7-9-44-10-8-40/h5-6,12-15,20-21H,1-4,7-11,32H2,(H2,33,43)(H,34,38)(H,36,37)/p+1/t20-,21+/m1/s1. The number of primary amides is 1. The summed E-state index contributed by atoms with van der Waals surface area (Å²) in [5, 5.41) is 22.2. The maximum Gasteiger partial charge on any atom is 0.254 e. The number of carbonyl (C=O) groups is 1. The van der Waals surface area contributed by atoms with Crippen LogP contribution in [-0.4, -0.2) is 74.1 Å². The average Bonchev–Trinajstić information content (AvgIpc) is 3.83. The van der Waals surface area contributed by atoms with E-state index in [-0.39, 0.29) is 29.5 Å². The van der Waals surface area contributed by atoms with Crippen LogP contribution in [0.25, 0.3) is 38.0 Å². The van der Waals surface area contributed by atoms with Crippen molar-refractivity contribution < 1.29 is 19.7 Å². The van der Waals surface area contributed by atoms with Gasteiger partial charge >= 0.3 is 0 Å². The number of aromatic amines is 1. The Hall–Kier alpha value is -4.86. The van der Waals surface area contributed by atoms with Crippen molar-refractivity contribution in [1.29, 1.82) is 0 Å². The lowest BCUT2D eigenvalue weighted by molar-refractivity contribution is -0.427. The molecule has 8 rings (SSSR count). The van der Waals surface area contributed by atoms with Crippen molar-refractivity contribution >= 4 is 55.9 Å². The number of morpholine rings is 1. The lowest BCUT2D eigenvalue weighted by atomic mass is 9.91. The fourth-order valence-electron chi connectivity index (χ4n) is 6.68. The van der Waals surface area contributed by atoms with Crippen LogP contribution in [0.3, 0.4) is 0 Å². The average molecular weight is 642 g/mol. The third-order valence-electron chi connectivity index (χ3n) is 9.10. The Labute approximate surface area is 265 Å². The zero-order chi connectivity index (χ0) is 31.4. The molecule has 1 saturated carbocycles. The molecule has 0 radical (unpaired) electrons. The van der Waals surface area contributed by atoms with E-state index in [0.717, 1.165) is 53.3 Å². The van der Waals surface area contributed by atoms with E-state index in [9.17, 15) is 9.59 Å². The van der Waals surface area contributed by atoms with Gasteiger partial charge in [-0.2, -0.15) is 5.10 Å². The predicted molar refractivity (Wildman–Crippen MR) is 173 cm³/mol. The summed E-state index contributed by atoms with van der Waals surface area (Å²) in [4.78, 5) is 32.9. The van der Waals surface area contributed by atoms with Crippen molar-refractivity contribution in [2.75, 3.05) is 36.5 Å². The van der Waals surface area contributed by atoms with Crippen molar-refractivity contribution in [3.63, 3.8) is 0 Å². The Bertz CT molecular complexity index is 2160. The summed E-state index contributed by atoms with van der Waals surface area (Å²) in [5.74, 6) is 0.458. The molecule has 5 aromatic heterocycles. The number of rotatable bonds is 7. The number of benzene rings is 1. The Kier molecular flexibility index (Phi) is 7.15. The number of hydrogen-bond acceptors (Lipinski definition) is 11. The molecule has 1 amide bonds. The maximum atomic E-state index is 13.1. The summed E-state index contributed by atoms with van der Waals surface area (Å²) in [6, 6.07) is 5.91. The molecular weight excluding hydrogens is 608 g/mol. The maximum absolute atomic E-state index is 13.1. The van der Waals surface area contributed by atoms with Gasteiger partial charge in [-0.05, 0) is 24.0 Å². The second-order valence-electron chi connectivity index (χ2n) is 11.9. The summed E-state index contributed by atoms with van der Waals surface area (Å²) >= 11 is 1.36. The van der Waals surface area contributed by atoms with Gasteiger partial charge < -0.3 is 30.8 Å². The third-order valence-corrected chi connectivity index (χ3v) is 10.1. The number of nitrogens with zero attached hydrogens (tertiary/aromatic N) is 6. The van der Waals surface area contributed by atoms with Crippen LogP contribution in [0.2, 0.25) is 0 Å². The molecule has 1 aliphatic heterocycles. The van der Waals surface area contributed by atoms with E-state index in [1.165, 1.54) is 17.7 Å². The molecule has 2 atom stereocenters. The summed E-state index contributed by atoms with van der Waals surface area (Å²) in [6.45, 7) is 2.48. The largest absolute Gasteiger partial charge is 0.439 e. The van der Waals surface area contributed by atoms with Gasteiger partial charge in [-0.15, -0.1) is 21.5 Å². The van der Waals surface area contributed by atoms with Crippen molar-refractivity contribution in [2.24, 2.45) is 5.73 Å². The number of ether oxygens (including phenoxy) is 1. The van der Waals surface area contributed by atoms with Crippen LogP contribution in [0.1, 0.15) is 47.3 Å². The van der Waals surface area contributed by atoms with Crippen LogP contribution in [-0.2, 0) is 11.2 Å². The minimum atomic E-state index is -0.631. The van der Waals surface area contributed by atoms with Crippen LogP contribution in [0.4, 0.5) is 11.8 Å². The normalized spacial score (nSPS) is 18.9. The Morgan fingerprint density at radius 3 is 2.87 bits per heavy atom. The number of aromatic nitrogens is 6.